The lowest BCUT2D eigenvalue weighted by molar-refractivity contribution is 0.583. The molecule has 86 valence electrons. The number of rotatable bonds is 3. The first-order valence-electron chi connectivity index (χ1n) is 4.63. The van der Waals surface area contributed by atoms with Crippen LogP contribution in [0.25, 0.3) is 0 Å². The van der Waals surface area contributed by atoms with Crippen LogP contribution < -0.4 is 4.72 Å². The summed E-state index contributed by atoms with van der Waals surface area (Å²) in [7, 11) is -3.62. The Kier molecular flexibility index (Phi) is 3.92. The molecule has 0 radical (unpaired) electrons. The number of sulfonamides is 1. The molecule has 1 rings (SSSR count). The molecule has 0 aromatic heterocycles. The second kappa shape index (κ2) is 4.83. The molecule has 4 nitrogen and oxygen atoms in total. The van der Waals surface area contributed by atoms with Crippen LogP contribution in [0.4, 0.5) is 0 Å². The van der Waals surface area contributed by atoms with Crippen LogP contribution in [0.2, 0.25) is 5.02 Å². The molecule has 0 aliphatic heterocycles. The number of benzene rings is 1. The predicted molar refractivity (Wildman–Crippen MR) is 61.8 cm³/mol. The van der Waals surface area contributed by atoms with E-state index in [4.69, 9.17) is 16.9 Å². The fourth-order valence-electron chi connectivity index (χ4n) is 1.29. The summed E-state index contributed by atoms with van der Waals surface area (Å²) in [6.45, 7) is 3.56. The largest absolute Gasteiger partial charge is 0.241 e. The van der Waals surface area contributed by atoms with E-state index in [2.05, 4.69) is 4.72 Å². The van der Waals surface area contributed by atoms with Crippen molar-refractivity contribution in [1.29, 1.82) is 5.26 Å². The van der Waals surface area contributed by atoms with Crippen LogP contribution in [0.3, 0.4) is 0 Å². The molecule has 1 aromatic carbocycles. The van der Waals surface area contributed by atoms with Crippen molar-refractivity contribution in [2.75, 3.05) is 6.54 Å². The number of halogens is 1. The van der Waals surface area contributed by atoms with E-state index >= 15 is 0 Å². The highest BCUT2D eigenvalue weighted by atomic mass is 35.5. The van der Waals surface area contributed by atoms with Crippen LogP contribution in [-0.2, 0) is 10.0 Å². The van der Waals surface area contributed by atoms with Gasteiger partial charge in [0.25, 0.3) is 0 Å². The molecule has 1 aromatic rings. The molecule has 0 aliphatic rings. The van der Waals surface area contributed by atoms with E-state index in [1.807, 2.05) is 6.07 Å². The van der Waals surface area contributed by atoms with E-state index < -0.39 is 10.0 Å². The molecule has 0 bridgehead atoms. The molecule has 0 atom stereocenters. The van der Waals surface area contributed by atoms with E-state index in [0.29, 0.717) is 10.6 Å². The van der Waals surface area contributed by atoms with E-state index in [-0.39, 0.29) is 17.0 Å². The molecule has 0 fully saturated rings. The number of nitrogens with zero attached hydrogens (tertiary/aromatic N) is 1. The zero-order valence-electron chi connectivity index (χ0n) is 8.91. The molecule has 16 heavy (non-hydrogen) atoms. The van der Waals surface area contributed by atoms with Crippen LogP contribution in [0.1, 0.15) is 18.1 Å². The monoisotopic (exact) mass is 258 g/mol. The third-order valence-electron chi connectivity index (χ3n) is 2.10. The van der Waals surface area contributed by atoms with Crippen molar-refractivity contribution in [3.63, 3.8) is 0 Å². The third kappa shape index (κ3) is 2.35. The Labute approximate surface area is 99.9 Å². The Morgan fingerprint density at radius 3 is 2.62 bits per heavy atom. The van der Waals surface area contributed by atoms with Gasteiger partial charge in [0.15, 0.2) is 0 Å². The van der Waals surface area contributed by atoms with Crippen LogP contribution in [0.15, 0.2) is 17.0 Å². The number of nitrogens with one attached hydrogen (secondary N) is 1. The van der Waals surface area contributed by atoms with Gasteiger partial charge < -0.3 is 0 Å². The molecular weight excluding hydrogens is 248 g/mol. The van der Waals surface area contributed by atoms with Gasteiger partial charge in [-0.1, -0.05) is 18.5 Å². The predicted octanol–water partition coefficient (Wildman–Crippen LogP) is 1.82. The minimum Gasteiger partial charge on any atom is -0.211 e. The minimum absolute atomic E-state index is 0.0289. The number of hydrogen-bond acceptors (Lipinski definition) is 3. The van der Waals surface area contributed by atoms with Crippen LogP contribution in [-0.4, -0.2) is 15.0 Å². The van der Waals surface area contributed by atoms with Crippen molar-refractivity contribution in [1.82, 2.24) is 4.72 Å². The number of nitriles is 1. The molecule has 0 unspecified atom stereocenters. The zero-order chi connectivity index (χ0) is 12.3. The maximum Gasteiger partial charge on any atom is 0.241 e. The fraction of sp³-hybridized carbons (Fsp3) is 0.300. The van der Waals surface area contributed by atoms with Crippen molar-refractivity contribution in [3.8, 4) is 6.07 Å². The lowest BCUT2D eigenvalue weighted by atomic mass is 10.1. The van der Waals surface area contributed by atoms with Gasteiger partial charge in [-0.25, -0.2) is 13.1 Å². The first-order valence-corrected chi connectivity index (χ1v) is 6.49. The molecule has 0 saturated heterocycles. The van der Waals surface area contributed by atoms with Gasteiger partial charge in [0, 0.05) is 11.6 Å². The van der Waals surface area contributed by atoms with Crippen LogP contribution >= 0.6 is 11.6 Å². The molecule has 0 amide bonds. The highest BCUT2D eigenvalue weighted by Crippen LogP contribution is 2.24. The van der Waals surface area contributed by atoms with Crippen LogP contribution in [0.5, 0.6) is 0 Å². The van der Waals surface area contributed by atoms with E-state index in [9.17, 15) is 8.42 Å². The van der Waals surface area contributed by atoms with Gasteiger partial charge >= 0.3 is 0 Å². The Balaban J connectivity index is 3.49. The highest BCUT2D eigenvalue weighted by Gasteiger charge is 2.20. The smallest absolute Gasteiger partial charge is 0.211 e. The summed E-state index contributed by atoms with van der Waals surface area (Å²) in [6.07, 6.45) is 0. The van der Waals surface area contributed by atoms with Gasteiger partial charge in [0.05, 0.1) is 5.56 Å². The molecule has 0 aliphatic carbocycles. The van der Waals surface area contributed by atoms with E-state index in [1.54, 1.807) is 13.8 Å². The van der Waals surface area contributed by atoms with Crippen molar-refractivity contribution < 1.29 is 8.42 Å². The Hall–Kier alpha value is -1.09. The molecule has 1 N–H and O–H groups in total. The summed E-state index contributed by atoms with van der Waals surface area (Å²) in [6, 6.07) is 4.68. The Bertz CT molecular complexity index is 547. The highest BCUT2D eigenvalue weighted by molar-refractivity contribution is 7.89. The lowest BCUT2D eigenvalue weighted by Gasteiger charge is -2.09. The van der Waals surface area contributed by atoms with Gasteiger partial charge in [-0.3, -0.25) is 0 Å². The second-order valence-electron chi connectivity index (χ2n) is 3.16. The average molecular weight is 259 g/mol. The molecular formula is C10H11ClN2O2S. The van der Waals surface area contributed by atoms with Gasteiger partial charge in [-0.15, -0.1) is 0 Å². The average Bonchev–Trinajstić information content (AvgIpc) is 2.21. The summed E-state index contributed by atoms with van der Waals surface area (Å²) in [5.41, 5.74) is 0.566. The SMILES string of the molecule is CCNS(=O)(=O)c1ccc(Cl)c(C)c1C#N. The van der Waals surface area contributed by atoms with Gasteiger partial charge in [-0.05, 0) is 24.6 Å². The molecule has 0 heterocycles. The van der Waals surface area contributed by atoms with Gasteiger partial charge in [0.2, 0.25) is 10.0 Å². The normalized spacial score (nSPS) is 11.1. The standard InChI is InChI=1S/C10H11ClN2O2S/c1-3-13-16(14,15)10-5-4-9(11)7(2)8(10)6-12/h4-5,13H,3H2,1-2H3. The number of hydrogen-bond donors (Lipinski definition) is 1. The maximum absolute atomic E-state index is 11.8. The summed E-state index contributed by atoms with van der Waals surface area (Å²) in [5, 5.41) is 9.34. The maximum atomic E-state index is 11.8. The Morgan fingerprint density at radius 1 is 1.50 bits per heavy atom. The van der Waals surface area contributed by atoms with Crippen molar-refractivity contribution in [3.05, 3.63) is 28.3 Å². The first-order chi connectivity index (χ1) is 7.44. The molecule has 0 spiro atoms. The summed E-state index contributed by atoms with van der Waals surface area (Å²) >= 11 is 5.83. The van der Waals surface area contributed by atoms with E-state index in [1.165, 1.54) is 12.1 Å². The topological polar surface area (TPSA) is 70.0 Å². The molecule has 0 saturated carbocycles. The summed E-state index contributed by atoms with van der Waals surface area (Å²) in [5.74, 6) is 0. The molecule has 6 heteroatoms. The second-order valence-corrected chi connectivity index (χ2v) is 5.30. The van der Waals surface area contributed by atoms with Crippen molar-refractivity contribution in [2.24, 2.45) is 0 Å². The van der Waals surface area contributed by atoms with Crippen LogP contribution in [0, 0.1) is 18.3 Å². The van der Waals surface area contributed by atoms with Crippen molar-refractivity contribution >= 4 is 21.6 Å². The fourth-order valence-corrected chi connectivity index (χ4v) is 2.70. The van der Waals surface area contributed by atoms with Crippen molar-refractivity contribution in [2.45, 2.75) is 18.7 Å². The Morgan fingerprint density at radius 2 is 2.12 bits per heavy atom. The minimum atomic E-state index is -3.62. The lowest BCUT2D eigenvalue weighted by Crippen LogP contribution is -2.24. The zero-order valence-corrected chi connectivity index (χ0v) is 10.5. The van der Waals surface area contributed by atoms with E-state index in [0.717, 1.165) is 0 Å². The van der Waals surface area contributed by atoms with Gasteiger partial charge in [-0.2, -0.15) is 5.26 Å². The van der Waals surface area contributed by atoms with Gasteiger partial charge in [0.1, 0.15) is 11.0 Å². The quantitative estimate of drug-likeness (QED) is 0.899. The summed E-state index contributed by atoms with van der Waals surface area (Å²) in [4.78, 5) is -0.0289. The first kappa shape index (κ1) is 13.0. The third-order valence-corrected chi connectivity index (χ3v) is 4.09. The summed E-state index contributed by atoms with van der Waals surface area (Å²) < 4.78 is 25.9.